The van der Waals surface area contributed by atoms with Gasteiger partial charge >= 0.3 is 5.97 Å². The van der Waals surface area contributed by atoms with E-state index >= 15 is 0 Å². The number of carbonyl (C=O) groups is 1. The molecule has 0 aliphatic rings. The third-order valence-electron chi connectivity index (χ3n) is 3.57. The van der Waals surface area contributed by atoms with Gasteiger partial charge in [0.05, 0.1) is 5.41 Å². The Morgan fingerprint density at radius 2 is 2.11 bits per heavy atom. The minimum Gasteiger partial charge on any atom is -0.481 e. The molecule has 0 radical (unpaired) electrons. The van der Waals surface area contributed by atoms with Gasteiger partial charge in [0.25, 0.3) is 0 Å². The van der Waals surface area contributed by atoms with Gasteiger partial charge in [0, 0.05) is 19.4 Å². The SMILES string of the molecule is CC(C)C(C)(Cc1nc(CCN(C)C)no1)C(=O)O. The van der Waals surface area contributed by atoms with Crippen LogP contribution >= 0.6 is 0 Å². The molecule has 108 valence electrons. The molecule has 0 spiro atoms. The van der Waals surface area contributed by atoms with E-state index in [1.807, 2.05) is 32.8 Å². The van der Waals surface area contributed by atoms with E-state index in [9.17, 15) is 9.90 Å². The lowest BCUT2D eigenvalue weighted by Gasteiger charge is -2.27. The first kappa shape index (κ1) is 15.6. The molecule has 0 aliphatic carbocycles. The van der Waals surface area contributed by atoms with Crippen LogP contribution in [0.25, 0.3) is 0 Å². The lowest BCUT2D eigenvalue weighted by atomic mass is 9.76. The highest BCUT2D eigenvalue weighted by molar-refractivity contribution is 5.74. The summed E-state index contributed by atoms with van der Waals surface area (Å²) in [4.78, 5) is 17.7. The average Bonchev–Trinajstić information content (AvgIpc) is 2.73. The molecule has 1 heterocycles. The van der Waals surface area contributed by atoms with Gasteiger partial charge in [-0.25, -0.2) is 0 Å². The van der Waals surface area contributed by atoms with Crippen LogP contribution in [0.5, 0.6) is 0 Å². The number of likely N-dealkylation sites (N-methyl/N-ethyl adjacent to an activating group) is 1. The Kier molecular flexibility index (Phi) is 5.05. The molecule has 6 heteroatoms. The van der Waals surface area contributed by atoms with Crippen molar-refractivity contribution >= 4 is 5.97 Å². The van der Waals surface area contributed by atoms with Crippen molar-refractivity contribution in [1.29, 1.82) is 0 Å². The molecule has 6 nitrogen and oxygen atoms in total. The van der Waals surface area contributed by atoms with E-state index in [1.165, 1.54) is 0 Å². The van der Waals surface area contributed by atoms with Gasteiger partial charge in [-0.15, -0.1) is 0 Å². The number of rotatable bonds is 7. The Morgan fingerprint density at radius 1 is 1.47 bits per heavy atom. The Morgan fingerprint density at radius 3 is 2.58 bits per heavy atom. The third kappa shape index (κ3) is 4.02. The minimum absolute atomic E-state index is 0.0119. The number of aliphatic carboxylic acids is 1. The van der Waals surface area contributed by atoms with Crippen LogP contribution in [0.1, 0.15) is 32.5 Å². The van der Waals surface area contributed by atoms with Crippen molar-refractivity contribution in [3.63, 3.8) is 0 Å². The van der Waals surface area contributed by atoms with Crippen molar-refractivity contribution in [3.8, 4) is 0 Å². The second-order valence-electron chi connectivity index (χ2n) is 5.71. The van der Waals surface area contributed by atoms with Gasteiger partial charge < -0.3 is 14.5 Å². The second-order valence-corrected chi connectivity index (χ2v) is 5.71. The third-order valence-corrected chi connectivity index (χ3v) is 3.57. The smallest absolute Gasteiger partial charge is 0.310 e. The van der Waals surface area contributed by atoms with Gasteiger partial charge in [0.2, 0.25) is 5.89 Å². The van der Waals surface area contributed by atoms with Crippen LogP contribution in [0.4, 0.5) is 0 Å². The highest BCUT2D eigenvalue weighted by Crippen LogP contribution is 2.31. The molecule has 1 aromatic heterocycles. The number of carboxylic acid groups (broad SMARTS) is 1. The summed E-state index contributed by atoms with van der Waals surface area (Å²) in [5.41, 5.74) is -0.884. The van der Waals surface area contributed by atoms with E-state index in [-0.39, 0.29) is 12.3 Å². The van der Waals surface area contributed by atoms with Gasteiger partial charge in [-0.1, -0.05) is 19.0 Å². The zero-order valence-electron chi connectivity index (χ0n) is 12.3. The van der Waals surface area contributed by atoms with Crippen LogP contribution < -0.4 is 0 Å². The fraction of sp³-hybridized carbons (Fsp3) is 0.769. The molecular weight excluding hydrogens is 246 g/mol. The van der Waals surface area contributed by atoms with E-state index in [0.29, 0.717) is 18.1 Å². The zero-order valence-corrected chi connectivity index (χ0v) is 12.3. The number of nitrogens with zero attached hydrogens (tertiary/aromatic N) is 3. The Labute approximate surface area is 113 Å². The fourth-order valence-electron chi connectivity index (χ4n) is 1.63. The molecule has 19 heavy (non-hydrogen) atoms. The molecule has 1 N–H and O–H groups in total. The number of carboxylic acids is 1. The average molecular weight is 269 g/mol. The summed E-state index contributed by atoms with van der Waals surface area (Å²) in [5.74, 6) is 0.171. The minimum atomic E-state index is -0.884. The van der Waals surface area contributed by atoms with E-state index in [4.69, 9.17) is 4.52 Å². The Bertz CT molecular complexity index is 429. The summed E-state index contributed by atoms with van der Waals surface area (Å²) in [6, 6.07) is 0. The molecule has 0 saturated carbocycles. The van der Waals surface area contributed by atoms with Crippen LogP contribution in [0.3, 0.4) is 0 Å². The first-order chi connectivity index (χ1) is 8.75. The van der Waals surface area contributed by atoms with Crippen molar-refractivity contribution in [2.24, 2.45) is 11.3 Å². The molecular formula is C13H23N3O3. The zero-order chi connectivity index (χ0) is 14.6. The quantitative estimate of drug-likeness (QED) is 0.807. The lowest BCUT2D eigenvalue weighted by molar-refractivity contribution is -0.150. The maximum Gasteiger partial charge on any atom is 0.310 e. The molecule has 0 fully saturated rings. The van der Waals surface area contributed by atoms with E-state index in [1.54, 1.807) is 6.92 Å². The maximum atomic E-state index is 11.4. The normalized spacial score (nSPS) is 14.9. The first-order valence-electron chi connectivity index (χ1n) is 6.45. The van der Waals surface area contributed by atoms with Gasteiger partial charge in [0.15, 0.2) is 5.82 Å². The van der Waals surface area contributed by atoms with Crippen molar-refractivity contribution < 1.29 is 14.4 Å². The lowest BCUT2D eigenvalue weighted by Crippen LogP contribution is -2.35. The Balaban J connectivity index is 2.74. The van der Waals surface area contributed by atoms with E-state index in [0.717, 1.165) is 6.54 Å². The van der Waals surface area contributed by atoms with Crippen molar-refractivity contribution in [2.75, 3.05) is 20.6 Å². The number of hydrogen-bond acceptors (Lipinski definition) is 5. The van der Waals surface area contributed by atoms with Crippen molar-refractivity contribution in [1.82, 2.24) is 15.0 Å². The predicted molar refractivity (Wildman–Crippen MR) is 70.8 cm³/mol. The van der Waals surface area contributed by atoms with Gasteiger partial charge in [-0.05, 0) is 26.9 Å². The molecule has 0 aromatic carbocycles. The van der Waals surface area contributed by atoms with Crippen LogP contribution in [-0.4, -0.2) is 46.8 Å². The summed E-state index contributed by atoms with van der Waals surface area (Å²) in [6.45, 7) is 6.32. The summed E-state index contributed by atoms with van der Waals surface area (Å²) < 4.78 is 5.15. The molecule has 0 bridgehead atoms. The number of hydrogen-bond donors (Lipinski definition) is 1. The maximum absolute atomic E-state index is 11.4. The molecule has 0 saturated heterocycles. The van der Waals surface area contributed by atoms with Crippen LogP contribution in [0, 0.1) is 11.3 Å². The van der Waals surface area contributed by atoms with Gasteiger partial charge in [-0.2, -0.15) is 4.98 Å². The van der Waals surface area contributed by atoms with Gasteiger partial charge in [-0.3, -0.25) is 4.79 Å². The highest BCUT2D eigenvalue weighted by atomic mass is 16.5. The monoisotopic (exact) mass is 269 g/mol. The summed E-state index contributed by atoms with van der Waals surface area (Å²) in [5, 5.41) is 13.2. The molecule has 0 aliphatic heterocycles. The standard InChI is InChI=1S/C13H23N3O3/c1-9(2)13(3,12(17)18)8-11-14-10(15-19-11)6-7-16(4)5/h9H,6-8H2,1-5H3,(H,17,18). The van der Waals surface area contributed by atoms with Crippen LogP contribution in [0.2, 0.25) is 0 Å². The summed E-state index contributed by atoms with van der Waals surface area (Å²) in [6.07, 6.45) is 0.955. The van der Waals surface area contributed by atoms with Gasteiger partial charge in [0.1, 0.15) is 0 Å². The molecule has 1 aromatic rings. The largest absolute Gasteiger partial charge is 0.481 e. The van der Waals surface area contributed by atoms with Crippen LogP contribution in [-0.2, 0) is 17.6 Å². The van der Waals surface area contributed by atoms with Crippen LogP contribution in [0.15, 0.2) is 4.52 Å². The molecule has 1 rings (SSSR count). The molecule has 1 unspecified atom stereocenters. The summed E-state index contributed by atoms with van der Waals surface area (Å²) >= 11 is 0. The highest BCUT2D eigenvalue weighted by Gasteiger charge is 2.38. The summed E-state index contributed by atoms with van der Waals surface area (Å²) in [7, 11) is 3.95. The number of aromatic nitrogens is 2. The second kappa shape index (κ2) is 6.14. The molecule has 0 amide bonds. The first-order valence-corrected chi connectivity index (χ1v) is 6.45. The van der Waals surface area contributed by atoms with E-state index < -0.39 is 11.4 Å². The fourth-order valence-corrected chi connectivity index (χ4v) is 1.63. The van der Waals surface area contributed by atoms with Crippen molar-refractivity contribution in [3.05, 3.63) is 11.7 Å². The Hall–Kier alpha value is -1.43. The van der Waals surface area contributed by atoms with E-state index in [2.05, 4.69) is 10.1 Å². The van der Waals surface area contributed by atoms with Crippen molar-refractivity contribution in [2.45, 2.75) is 33.6 Å². The molecule has 1 atom stereocenters. The predicted octanol–water partition coefficient (Wildman–Crippen LogP) is 1.46. The topological polar surface area (TPSA) is 79.5 Å².